The fraction of sp³-hybridized carbons (Fsp3) is 0.118. The number of rotatable bonds is 5. The average Bonchev–Trinajstić information content (AvgIpc) is 2.53. The Labute approximate surface area is 132 Å². The van der Waals surface area contributed by atoms with Gasteiger partial charge in [-0.1, -0.05) is 46.3 Å². The molecule has 2 aromatic rings. The van der Waals surface area contributed by atoms with Crippen LogP contribution in [0.4, 0.5) is 0 Å². The topological polar surface area (TPSA) is 42.2 Å². The van der Waals surface area contributed by atoms with Crippen molar-refractivity contribution in [1.82, 2.24) is 0 Å². The molecule has 106 valence electrons. The largest absolute Gasteiger partial charge is 0.493 e. The summed E-state index contributed by atoms with van der Waals surface area (Å²) in [5.41, 5.74) is 1.95. The van der Waals surface area contributed by atoms with Gasteiger partial charge in [0.15, 0.2) is 11.5 Å². The monoisotopic (exact) mass is 343 g/mol. The molecular formula is C17H14BrNO2. The minimum atomic E-state index is 0.469. The van der Waals surface area contributed by atoms with E-state index < -0.39 is 0 Å². The van der Waals surface area contributed by atoms with E-state index in [1.54, 1.807) is 13.2 Å². The van der Waals surface area contributed by atoms with Crippen LogP contribution >= 0.6 is 15.9 Å². The van der Waals surface area contributed by atoms with Crippen LogP contribution in [0.3, 0.4) is 0 Å². The van der Waals surface area contributed by atoms with Crippen LogP contribution in [0.15, 0.2) is 53.0 Å². The maximum atomic E-state index is 8.60. The Hall–Kier alpha value is -2.25. The maximum absolute atomic E-state index is 8.60. The van der Waals surface area contributed by atoms with Gasteiger partial charge < -0.3 is 9.47 Å². The van der Waals surface area contributed by atoms with Crippen LogP contribution in [0.2, 0.25) is 0 Å². The molecule has 0 aromatic heterocycles. The first-order valence-corrected chi connectivity index (χ1v) is 7.14. The zero-order valence-corrected chi connectivity index (χ0v) is 13.1. The van der Waals surface area contributed by atoms with Crippen LogP contribution < -0.4 is 9.47 Å². The zero-order chi connectivity index (χ0) is 15.1. The Morgan fingerprint density at radius 3 is 2.62 bits per heavy atom. The van der Waals surface area contributed by atoms with Crippen molar-refractivity contribution in [3.8, 4) is 17.6 Å². The molecule has 0 heterocycles. The van der Waals surface area contributed by atoms with E-state index in [-0.39, 0.29) is 0 Å². The molecule has 0 aliphatic rings. The van der Waals surface area contributed by atoms with E-state index >= 15 is 0 Å². The van der Waals surface area contributed by atoms with E-state index in [0.717, 1.165) is 15.6 Å². The highest BCUT2D eigenvalue weighted by atomic mass is 79.9. The van der Waals surface area contributed by atoms with Crippen LogP contribution in [-0.4, -0.2) is 7.11 Å². The van der Waals surface area contributed by atoms with Crippen LogP contribution in [0.25, 0.3) is 6.08 Å². The molecule has 0 aliphatic heterocycles. The number of allylic oxidation sites excluding steroid dienone is 1. The van der Waals surface area contributed by atoms with E-state index in [4.69, 9.17) is 14.7 Å². The molecule has 0 unspecified atom stereocenters. The van der Waals surface area contributed by atoms with Crippen molar-refractivity contribution in [2.24, 2.45) is 0 Å². The predicted molar refractivity (Wildman–Crippen MR) is 86.1 cm³/mol. The molecule has 0 aliphatic carbocycles. The fourth-order valence-electron chi connectivity index (χ4n) is 1.81. The van der Waals surface area contributed by atoms with Gasteiger partial charge in [0.2, 0.25) is 0 Å². The van der Waals surface area contributed by atoms with Gasteiger partial charge >= 0.3 is 0 Å². The number of ether oxygens (including phenoxy) is 2. The van der Waals surface area contributed by atoms with Gasteiger partial charge in [-0.2, -0.15) is 5.26 Å². The van der Waals surface area contributed by atoms with Crippen LogP contribution in [0.1, 0.15) is 11.1 Å². The molecule has 2 aromatic carbocycles. The van der Waals surface area contributed by atoms with Gasteiger partial charge in [0, 0.05) is 10.5 Å². The predicted octanol–water partition coefficient (Wildman–Crippen LogP) is 4.57. The second-order valence-corrected chi connectivity index (χ2v) is 5.12. The molecule has 0 atom stereocenters. The maximum Gasteiger partial charge on any atom is 0.162 e. The van der Waals surface area contributed by atoms with Crippen molar-refractivity contribution in [1.29, 1.82) is 5.26 Å². The Morgan fingerprint density at radius 2 is 1.95 bits per heavy atom. The summed E-state index contributed by atoms with van der Waals surface area (Å²) in [6, 6.07) is 15.6. The lowest BCUT2D eigenvalue weighted by Gasteiger charge is -2.12. The number of halogens is 1. The zero-order valence-electron chi connectivity index (χ0n) is 11.5. The molecule has 4 heteroatoms. The summed E-state index contributed by atoms with van der Waals surface area (Å²) in [5, 5.41) is 8.60. The molecule has 0 bridgehead atoms. The van der Waals surface area contributed by atoms with Crippen LogP contribution in [-0.2, 0) is 6.61 Å². The van der Waals surface area contributed by atoms with Crippen LogP contribution in [0.5, 0.6) is 11.5 Å². The molecule has 0 saturated heterocycles. The molecule has 0 N–H and O–H groups in total. The SMILES string of the molecule is COc1cc(C=CC#N)c(Br)cc1OCc1ccccc1. The van der Waals surface area contributed by atoms with Crippen molar-refractivity contribution in [3.63, 3.8) is 0 Å². The highest BCUT2D eigenvalue weighted by Gasteiger charge is 2.09. The molecule has 0 saturated carbocycles. The Kier molecular flexibility index (Phi) is 5.42. The number of nitrogens with zero attached hydrogens (tertiary/aromatic N) is 1. The van der Waals surface area contributed by atoms with E-state index in [1.807, 2.05) is 48.5 Å². The van der Waals surface area contributed by atoms with Crippen molar-refractivity contribution >= 4 is 22.0 Å². The van der Waals surface area contributed by atoms with Crippen molar-refractivity contribution in [2.75, 3.05) is 7.11 Å². The molecule has 0 amide bonds. The van der Waals surface area contributed by atoms with Gasteiger partial charge in [0.05, 0.1) is 13.2 Å². The average molecular weight is 344 g/mol. The summed E-state index contributed by atoms with van der Waals surface area (Å²) in [5.74, 6) is 1.29. The van der Waals surface area contributed by atoms with Crippen molar-refractivity contribution < 1.29 is 9.47 Å². The molecular weight excluding hydrogens is 330 g/mol. The lowest BCUT2D eigenvalue weighted by Crippen LogP contribution is -1.98. The molecule has 2 rings (SSSR count). The number of benzene rings is 2. The third-order valence-corrected chi connectivity index (χ3v) is 3.54. The van der Waals surface area contributed by atoms with Gasteiger partial charge in [0.25, 0.3) is 0 Å². The number of methoxy groups -OCH3 is 1. The first-order valence-electron chi connectivity index (χ1n) is 6.35. The highest BCUT2D eigenvalue weighted by molar-refractivity contribution is 9.10. The standard InChI is InChI=1S/C17H14BrNO2/c1-20-16-10-14(8-5-9-19)15(18)11-17(16)21-12-13-6-3-2-4-7-13/h2-8,10-11H,12H2,1H3. The lowest BCUT2D eigenvalue weighted by molar-refractivity contribution is 0.284. The Balaban J connectivity index is 2.21. The lowest BCUT2D eigenvalue weighted by atomic mass is 10.2. The molecule has 0 radical (unpaired) electrons. The summed E-state index contributed by atoms with van der Waals surface area (Å²) in [4.78, 5) is 0. The number of nitriles is 1. The smallest absolute Gasteiger partial charge is 0.162 e. The summed E-state index contributed by atoms with van der Waals surface area (Å²) >= 11 is 3.47. The summed E-state index contributed by atoms with van der Waals surface area (Å²) in [7, 11) is 1.59. The summed E-state index contributed by atoms with van der Waals surface area (Å²) in [6.07, 6.45) is 3.14. The molecule has 0 spiro atoms. The van der Waals surface area contributed by atoms with E-state index in [1.165, 1.54) is 6.08 Å². The minimum absolute atomic E-state index is 0.469. The van der Waals surface area contributed by atoms with Crippen LogP contribution in [0, 0.1) is 11.3 Å². The van der Waals surface area contributed by atoms with E-state index in [0.29, 0.717) is 18.1 Å². The van der Waals surface area contributed by atoms with Gasteiger partial charge in [-0.25, -0.2) is 0 Å². The normalized spacial score (nSPS) is 10.3. The summed E-state index contributed by atoms with van der Waals surface area (Å²) < 4.78 is 12.0. The third kappa shape index (κ3) is 4.11. The third-order valence-electron chi connectivity index (χ3n) is 2.86. The first-order chi connectivity index (χ1) is 10.2. The minimum Gasteiger partial charge on any atom is -0.493 e. The second kappa shape index (κ2) is 7.51. The summed E-state index contributed by atoms with van der Waals surface area (Å²) in [6.45, 7) is 0.469. The highest BCUT2D eigenvalue weighted by Crippen LogP contribution is 2.34. The first kappa shape index (κ1) is 15.1. The van der Waals surface area contributed by atoms with E-state index in [9.17, 15) is 0 Å². The van der Waals surface area contributed by atoms with Gasteiger partial charge in [-0.3, -0.25) is 0 Å². The quantitative estimate of drug-likeness (QED) is 0.746. The molecule has 21 heavy (non-hydrogen) atoms. The molecule has 0 fully saturated rings. The van der Waals surface area contributed by atoms with Gasteiger partial charge in [-0.05, 0) is 29.3 Å². The van der Waals surface area contributed by atoms with Crippen molar-refractivity contribution in [3.05, 3.63) is 64.1 Å². The number of hydrogen-bond acceptors (Lipinski definition) is 3. The van der Waals surface area contributed by atoms with Crippen molar-refractivity contribution in [2.45, 2.75) is 6.61 Å². The number of hydrogen-bond donors (Lipinski definition) is 0. The molecule has 3 nitrogen and oxygen atoms in total. The van der Waals surface area contributed by atoms with Gasteiger partial charge in [0.1, 0.15) is 6.61 Å². The Bertz CT molecular complexity index is 675. The van der Waals surface area contributed by atoms with E-state index in [2.05, 4.69) is 15.9 Å². The second-order valence-electron chi connectivity index (χ2n) is 4.26. The fourth-order valence-corrected chi connectivity index (χ4v) is 2.27. The van der Waals surface area contributed by atoms with Gasteiger partial charge in [-0.15, -0.1) is 0 Å². The Morgan fingerprint density at radius 1 is 1.19 bits per heavy atom.